The molecule has 8 aromatic carbocycles. The minimum Gasteiger partial charge on any atom is -0.311 e. The van der Waals surface area contributed by atoms with Gasteiger partial charge in [0.25, 0.3) is 0 Å². The lowest BCUT2D eigenvalue weighted by molar-refractivity contribution is 0.659. The molecular weight excluding hydrogens is 701 g/mol. The van der Waals surface area contributed by atoms with E-state index in [-0.39, 0.29) is 10.8 Å². The van der Waals surface area contributed by atoms with Crippen LogP contribution in [0.3, 0.4) is 0 Å². The Hall–Kier alpha value is -6.90. The number of hydrogen-bond acceptors (Lipinski definition) is 1. The summed E-state index contributed by atoms with van der Waals surface area (Å²) < 4.78 is 2.55. The van der Waals surface area contributed by atoms with E-state index >= 15 is 0 Å². The molecule has 1 heterocycles. The molecule has 278 valence electrons. The summed E-state index contributed by atoms with van der Waals surface area (Å²) in [5.41, 5.74) is 20.2. The Morgan fingerprint density at radius 2 is 0.966 bits per heavy atom. The van der Waals surface area contributed by atoms with Gasteiger partial charge in [-0.1, -0.05) is 167 Å². The third-order valence-corrected chi connectivity index (χ3v) is 12.9. The molecule has 0 amide bonds. The third kappa shape index (κ3) is 5.11. The molecule has 2 heteroatoms. The van der Waals surface area contributed by atoms with E-state index < -0.39 is 0 Å². The topological polar surface area (TPSA) is 8.17 Å². The minimum absolute atomic E-state index is 0.0746. The Balaban J connectivity index is 0.973. The summed E-state index contributed by atoms with van der Waals surface area (Å²) in [7, 11) is 0. The fourth-order valence-electron chi connectivity index (χ4n) is 10.1. The van der Waals surface area contributed by atoms with E-state index in [9.17, 15) is 0 Å². The van der Waals surface area contributed by atoms with Gasteiger partial charge in [0.05, 0.1) is 11.0 Å². The van der Waals surface area contributed by atoms with Gasteiger partial charge in [-0.2, -0.15) is 0 Å². The van der Waals surface area contributed by atoms with Crippen LogP contribution in [0.4, 0.5) is 17.1 Å². The molecule has 0 fully saturated rings. The van der Waals surface area contributed by atoms with Crippen molar-refractivity contribution in [1.82, 2.24) is 4.57 Å². The highest BCUT2D eigenvalue weighted by molar-refractivity contribution is 6.13. The number of anilines is 3. The first kappa shape index (κ1) is 34.4. The maximum Gasteiger partial charge on any atom is 0.0588 e. The summed E-state index contributed by atoms with van der Waals surface area (Å²) in [6, 6.07) is 66.8. The molecule has 0 atom stereocenters. The molecule has 0 N–H and O–H groups in total. The normalized spacial score (nSPS) is 14.4. The minimum atomic E-state index is -0.216. The summed E-state index contributed by atoms with van der Waals surface area (Å²) in [5.74, 6) is 0. The molecule has 0 saturated heterocycles. The molecule has 0 spiro atoms. The number of nitrogens with zero attached hydrogens (tertiary/aromatic N) is 2. The highest BCUT2D eigenvalue weighted by Crippen LogP contribution is 2.54. The molecular formula is C56H44N2. The van der Waals surface area contributed by atoms with Crippen molar-refractivity contribution in [2.45, 2.75) is 38.5 Å². The van der Waals surface area contributed by atoms with Crippen LogP contribution in [0.25, 0.3) is 61.9 Å². The van der Waals surface area contributed by atoms with Crippen molar-refractivity contribution in [1.29, 1.82) is 0 Å². The second-order valence-electron chi connectivity index (χ2n) is 17.0. The van der Waals surface area contributed by atoms with Crippen LogP contribution in [-0.4, -0.2) is 4.57 Å². The molecule has 0 bridgehead atoms. The van der Waals surface area contributed by atoms with Crippen molar-refractivity contribution in [3.63, 3.8) is 0 Å². The van der Waals surface area contributed by atoms with E-state index in [0.717, 1.165) is 17.1 Å². The zero-order chi connectivity index (χ0) is 39.2. The summed E-state index contributed by atoms with van der Waals surface area (Å²) in [6.45, 7) is 9.58. The molecule has 11 rings (SSSR count). The van der Waals surface area contributed by atoms with Crippen LogP contribution < -0.4 is 4.90 Å². The van der Waals surface area contributed by atoms with E-state index in [4.69, 9.17) is 0 Å². The van der Waals surface area contributed by atoms with Gasteiger partial charge in [0.2, 0.25) is 0 Å². The first-order valence-corrected chi connectivity index (χ1v) is 20.4. The van der Waals surface area contributed by atoms with Crippen LogP contribution in [0.2, 0.25) is 0 Å². The van der Waals surface area contributed by atoms with Gasteiger partial charge in [-0.15, -0.1) is 0 Å². The summed E-state index contributed by atoms with van der Waals surface area (Å²) in [4.78, 5) is 2.30. The number of rotatable bonds is 6. The predicted molar refractivity (Wildman–Crippen MR) is 246 cm³/mol. The number of aromatic nitrogens is 1. The molecule has 9 aromatic rings. The van der Waals surface area contributed by atoms with Crippen LogP contribution in [0.15, 0.2) is 182 Å². The summed E-state index contributed by atoms with van der Waals surface area (Å²) >= 11 is 0. The van der Waals surface area contributed by atoms with Gasteiger partial charge in [0.15, 0.2) is 0 Å². The average Bonchev–Trinajstić information content (AvgIpc) is 3.80. The van der Waals surface area contributed by atoms with Crippen LogP contribution in [0.1, 0.15) is 61.1 Å². The van der Waals surface area contributed by atoms with E-state index in [1.54, 1.807) is 0 Å². The standard InChI is InChI=1S/C56H44N2/c1-55(2)49-21-13-11-19-43(49)44-32-30-42(36-51(44)55)58-52-22-14-12-20-46(52)48-34-33-47-45-31-27-38(35-50(45)56(3,4)53(47)54(48)58)24-23-37-25-28-41(29-26-37)57(39-15-7-5-8-16-39)40-17-9-6-10-18-40/h5-36H,1-4H3. The summed E-state index contributed by atoms with van der Waals surface area (Å²) in [6.07, 6.45) is 4.50. The van der Waals surface area contributed by atoms with Crippen molar-refractivity contribution in [2.24, 2.45) is 0 Å². The molecule has 0 saturated carbocycles. The van der Waals surface area contributed by atoms with Crippen LogP contribution in [0, 0.1) is 0 Å². The smallest absolute Gasteiger partial charge is 0.0588 e. The molecule has 0 radical (unpaired) electrons. The third-order valence-electron chi connectivity index (χ3n) is 12.9. The highest BCUT2D eigenvalue weighted by Gasteiger charge is 2.39. The van der Waals surface area contributed by atoms with Crippen LogP contribution >= 0.6 is 0 Å². The molecule has 0 aliphatic heterocycles. The van der Waals surface area contributed by atoms with Crippen LogP contribution in [-0.2, 0) is 10.8 Å². The lowest BCUT2D eigenvalue weighted by Gasteiger charge is -2.25. The molecule has 1 aromatic heterocycles. The van der Waals surface area contributed by atoms with Crippen molar-refractivity contribution in [3.8, 4) is 27.9 Å². The van der Waals surface area contributed by atoms with Crippen molar-refractivity contribution < 1.29 is 0 Å². The van der Waals surface area contributed by atoms with Crippen molar-refractivity contribution in [2.75, 3.05) is 4.90 Å². The number of benzene rings is 8. The largest absolute Gasteiger partial charge is 0.311 e. The monoisotopic (exact) mass is 744 g/mol. The van der Waals surface area contributed by atoms with Gasteiger partial charge in [-0.05, 0) is 110 Å². The van der Waals surface area contributed by atoms with Gasteiger partial charge in [-0.3, -0.25) is 0 Å². The maximum atomic E-state index is 2.55. The fraction of sp³-hybridized carbons (Fsp3) is 0.107. The Bertz CT molecular complexity index is 3050. The van der Waals surface area contributed by atoms with E-state index in [1.807, 2.05) is 0 Å². The van der Waals surface area contributed by atoms with Gasteiger partial charge >= 0.3 is 0 Å². The van der Waals surface area contributed by atoms with Crippen LogP contribution in [0.5, 0.6) is 0 Å². The van der Waals surface area contributed by atoms with Crippen molar-refractivity contribution in [3.05, 3.63) is 215 Å². The quantitative estimate of drug-likeness (QED) is 0.154. The fourth-order valence-corrected chi connectivity index (χ4v) is 10.1. The van der Waals surface area contributed by atoms with Gasteiger partial charge in [0.1, 0.15) is 0 Å². The zero-order valence-corrected chi connectivity index (χ0v) is 33.4. The molecule has 2 aliphatic rings. The van der Waals surface area contributed by atoms with E-state index in [2.05, 4.69) is 231 Å². The lowest BCUT2D eigenvalue weighted by atomic mass is 9.81. The Morgan fingerprint density at radius 1 is 0.414 bits per heavy atom. The SMILES string of the molecule is CC1(C)c2ccccc2-c2ccc(-n3c4ccccc4c4ccc5c(c43)C(C)(C)c3cc(C=Cc4ccc(N(c6ccccc6)c6ccccc6)cc4)ccc3-5)cc21. The second kappa shape index (κ2) is 12.8. The molecule has 2 nitrogen and oxygen atoms in total. The Kier molecular flexibility index (Phi) is 7.59. The van der Waals surface area contributed by atoms with Gasteiger partial charge < -0.3 is 9.47 Å². The van der Waals surface area contributed by atoms with Gasteiger partial charge in [-0.25, -0.2) is 0 Å². The molecule has 58 heavy (non-hydrogen) atoms. The van der Waals surface area contributed by atoms with Gasteiger partial charge in [0, 0.05) is 44.4 Å². The number of hydrogen-bond donors (Lipinski definition) is 0. The number of para-hydroxylation sites is 3. The summed E-state index contributed by atoms with van der Waals surface area (Å²) in [5, 5.41) is 2.60. The molecule has 2 aliphatic carbocycles. The first-order valence-electron chi connectivity index (χ1n) is 20.4. The number of fused-ring (bicyclic) bond motifs is 10. The first-order chi connectivity index (χ1) is 28.3. The Morgan fingerprint density at radius 3 is 1.72 bits per heavy atom. The molecule has 0 unspecified atom stereocenters. The second-order valence-corrected chi connectivity index (χ2v) is 17.0. The highest BCUT2D eigenvalue weighted by atomic mass is 15.1. The predicted octanol–water partition coefficient (Wildman–Crippen LogP) is 15.0. The Labute approximate surface area is 341 Å². The van der Waals surface area contributed by atoms with E-state index in [0.29, 0.717) is 0 Å². The van der Waals surface area contributed by atoms with Crippen molar-refractivity contribution >= 4 is 51.0 Å². The average molecular weight is 745 g/mol. The van der Waals surface area contributed by atoms with E-state index in [1.165, 1.54) is 83.1 Å². The zero-order valence-electron chi connectivity index (χ0n) is 33.4. The maximum absolute atomic E-state index is 2.55. The lowest BCUT2D eigenvalue weighted by Crippen LogP contribution is -2.17.